The van der Waals surface area contributed by atoms with Gasteiger partial charge in [-0.1, -0.05) is 5.92 Å². The summed E-state index contributed by atoms with van der Waals surface area (Å²) in [6.45, 7) is 3.42. The minimum atomic E-state index is -0.651. The van der Waals surface area contributed by atoms with Crippen molar-refractivity contribution in [2.24, 2.45) is 7.05 Å². The normalized spacial score (nSPS) is 10.3. The van der Waals surface area contributed by atoms with Crippen molar-refractivity contribution in [3.8, 4) is 18.2 Å². The van der Waals surface area contributed by atoms with Gasteiger partial charge in [0.15, 0.2) is 0 Å². The van der Waals surface area contributed by atoms with Gasteiger partial charge < -0.3 is 5.21 Å². The maximum Gasteiger partial charge on any atom is 0.424 e. The predicted molar refractivity (Wildman–Crippen MR) is 73.6 cm³/mol. The number of nitrogens with zero attached hydrogens (tertiary/aromatic N) is 3. The van der Waals surface area contributed by atoms with Crippen molar-refractivity contribution in [3.05, 3.63) is 61.2 Å². The Morgan fingerprint density at radius 1 is 1.30 bits per heavy atom. The average molecular weight is 271 g/mol. The first-order valence-electron chi connectivity index (χ1n) is 5.87. The van der Waals surface area contributed by atoms with E-state index < -0.39 is 11.2 Å². The molecule has 0 atom stereocenters. The van der Waals surface area contributed by atoms with E-state index in [-0.39, 0.29) is 11.5 Å². The standard InChI is InChI=1S/C14H13N3O3/c1-5-11-7-12(18)17(14(19)15(11)4)13-10(3)6-9(2)8-16(13)20/h1,6-8H,2-4H3. The van der Waals surface area contributed by atoms with Crippen molar-refractivity contribution in [2.75, 3.05) is 0 Å². The van der Waals surface area contributed by atoms with E-state index in [2.05, 4.69) is 5.92 Å². The molecule has 0 aromatic carbocycles. The van der Waals surface area contributed by atoms with Crippen LogP contribution in [-0.4, -0.2) is 9.13 Å². The highest BCUT2D eigenvalue weighted by molar-refractivity contribution is 5.32. The van der Waals surface area contributed by atoms with Crippen LogP contribution in [0.4, 0.5) is 0 Å². The Labute approximate surface area is 115 Å². The lowest BCUT2D eigenvalue weighted by atomic mass is 10.2. The van der Waals surface area contributed by atoms with Gasteiger partial charge in [0, 0.05) is 12.6 Å². The smallest absolute Gasteiger partial charge is 0.424 e. The minimum absolute atomic E-state index is 0.00947. The highest BCUT2D eigenvalue weighted by atomic mass is 16.5. The van der Waals surface area contributed by atoms with E-state index >= 15 is 0 Å². The molecule has 6 heteroatoms. The Morgan fingerprint density at radius 2 is 1.95 bits per heavy atom. The summed E-state index contributed by atoms with van der Waals surface area (Å²) < 4.78 is 2.49. The second-order valence-corrected chi connectivity index (χ2v) is 4.54. The molecule has 0 aliphatic heterocycles. The monoisotopic (exact) mass is 271 g/mol. The van der Waals surface area contributed by atoms with Crippen LogP contribution >= 0.6 is 0 Å². The van der Waals surface area contributed by atoms with Crippen molar-refractivity contribution in [1.82, 2.24) is 9.13 Å². The largest absolute Gasteiger partial charge is 0.711 e. The lowest BCUT2D eigenvalue weighted by Crippen LogP contribution is -2.46. The second-order valence-electron chi connectivity index (χ2n) is 4.54. The summed E-state index contributed by atoms with van der Waals surface area (Å²) in [6.07, 6.45) is 6.54. The number of aromatic nitrogens is 3. The molecule has 0 amide bonds. The van der Waals surface area contributed by atoms with E-state index in [1.165, 1.54) is 13.2 Å². The Kier molecular flexibility index (Phi) is 3.20. The molecule has 0 bridgehead atoms. The van der Waals surface area contributed by atoms with Crippen LogP contribution < -0.4 is 16.0 Å². The molecule has 0 saturated carbocycles. The third kappa shape index (κ3) is 1.99. The number of terminal acetylenes is 1. The third-order valence-corrected chi connectivity index (χ3v) is 3.01. The zero-order chi connectivity index (χ0) is 15.0. The molecule has 0 fully saturated rings. The van der Waals surface area contributed by atoms with E-state index in [1.807, 2.05) is 0 Å². The van der Waals surface area contributed by atoms with Gasteiger partial charge in [0.1, 0.15) is 5.69 Å². The van der Waals surface area contributed by atoms with E-state index in [1.54, 1.807) is 19.9 Å². The molecular formula is C14H13N3O3. The molecule has 0 aliphatic rings. The van der Waals surface area contributed by atoms with E-state index in [9.17, 15) is 14.8 Å². The molecule has 2 heterocycles. The molecule has 2 rings (SSSR count). The Hall–Kier alpha value is -2.81. The van der Waals surface area contributed by atoms with Gasteiger partial charge in [-0.2, -0.15) is 0 Å². The first-order valence-corrected chi connectivity index (χ1v) is 5.87. The van der Waals surface area contributed by atoms with Crippen LogP contribution in [0.5, 0.6) is 0 Å². The number of hydrogen-bond acceptors (Lipinski definition) is 3. The highest BCUT2D eigenvalue weighted by Gasteiger charge is 2.21. The average Bonchev–Trinajstić information content (AvgIpc) is 2.36. The Bertz CT molecular complexity index is 830. The summed E-state index contributed by atoms with van der Waals surface area (Å²) in [7, 11) is 1.45. The van der Waals surface area contributed by atoms with Crippen LogP contribution in [0.25, 0.3) is 5.82 Å². The fourth-order valence-corrected chi connectivity index (χ4v) is 2.10. The maximum atomic E-state index is 12.2. The Morgan fingerprint density at radius 3 is 2.50 bits per heavy atom. The SMILES string of the molecule is C#Cc1cc(=O)n(-c2c(C)cc(C)c[n+]2[O-])c(=O)n1C. The molecule has 0 unspecified atom stereocenters. The second kappa shape index (κ2) is 4.70. The van der Waals surface area contributed by atoms with Crippen molar-refractivity contribution in [2.45, 2.75) is 13.8 Å². The van der Waals surface area contributed by atoms with Crippen LogP contribution in [0.2, 0.25) is 0 Å². The molecular weight excluding hydrogens is 258 g/mol. The molecule has 2 aromatic heterocycles. The number of aryl methyl sites for hydroxylation is 2. The van der Waals surface area contributed by atoms with E-state index in [4.69, 9.17) is 6.42 Å². The zero-order valence-electron chi connectivity index (χ0n) is 11.4. The highest BCUT2D eigenvalue weighted by Crippen LogP contribution is 2.07. The van der Waals surface area contributed by atoms with Crippen LogP contribution in [-0.2, 0) is 7.05 Å². The van der Waals surface area contributed by atoms with Gasteiger partial charge in [-0.25, -0.2) is 14.3 Å². The molecule has 0 spiro atoms. The van der Waals surface area contributed by atoms with E-state index in [0.29, 0.717) is 10.3 Å². The number of hydrogen-bond donors (Lipinski definition) is 0. The molecule has 0 radical (unpaired) electrons. The maximum absolute atomic E-state index is 12.2. The number of pyridine rings is 1. The van der Waals surface area contributed by atoms with Crippen LogP contribution in [0.3, 0.4) is 0 Å². The molecule has 0 saturated heterocycles. The van der Waals surface area contributed by atoms with Gasteiger partial charge in [0.2, 0.25) is 0 Å². The fraction of sp³-hybridized carbons (Fsp3) is 0.214. The minimum Gasteiger partial charge on any atom is -0.711 e. The van der Waals surface area contributed by atoms with Crippen LogP contribution in [0.15, 0.2) is 27.9 Å². The molecule has 0 aliphatic carbocycles. The summed E-state index contributed by atoms with van der Waals surface area (Å²) >= 11 is 0. The molecule has 2 aromatic rings. The molecule has 20 heavy (non-hydrogen) atoms. The molecule has 6 nitrogen and oxygen atoms in total. The third-order valence-electron chi connectivity index (χ3n) is 3.01. The van der Waals surface area contributed by atoms with E-state index in [0.717, 1.165) is 20.8 Å². The Balaban J connectivity index is 2.93. The number of rotatable bonds is 1. The van der Waals surface area contributed by atoms with Crippen molar-refractivity contribution in [1.29, 1.82) is 0 Å². The predicted octanol–water partition coefficient (Wildman–Crippen LogP) is -0.232. The first-order chi connectivity index (χ1) is 9.36. The van der Waals surface area contributed by atoms with Gasteiger partial charge in [-0.15, -0.1) is 11.0 Å². The van der Waals surface area contributed by atoms with Gasteiger partial charge in [-0.05, 0) is 25.5 Å². The lowest BCUT2D eigenvalue weighted by molar-refractivity contribution is -0.600. The van der Waals surface area contributed by atoms with Gasteiger partial charge in [0.25, 0.3) is 5.82 Å². The van der Waals surface area contributed by atoms with Crippen LogP contribution in [0, 0.1) is 31.4 Å². The van der Waals surface area contributed by atoms with Gasteiger partial charge in [-0.3, -0.25) is 4.57 Å². The summed E-state index contributed by atoms with van der Waals surface area (Å²) in [5, 5.41) is 12.0. The summed E-state index contributed by atoms with van der Waals surface area (Å²) in [5.41, 5.74) is 0.164. The lowest BCUT2D eigenvalue weighted by Gasteiger charge is -2.12. The van der Waals surface area contributed by atoms with Crippen LogP contribution in [0.1, 0.15) is 16.8 Å². The van der Waals surface area contributed by atoms with Gasteiger partial charge in [0.05, 0.1) is 12.3 Å². The quantitative estimate of drug-likeness (QED) is 0.408. The fourth-order valence-electron chi connectivity index (χ4n) is 2.10. The van der Waals surface area contributed by atoms with Crippen molar-refractivity contribution in [3.63, 3.8) is 0 Å². The molecule has 102 valence electrons. The summed E-state index contributed by atoms with van der Waals surface area (Å²) in [6, 6.07) is 2.88. The summed E-state index contributed by atoms with van der Waals surface area (Å²) in [5.74, 6) is 2.25. The zero-order valence-corrected chi connectivity index (χ0v) is 11.4. The summed E-state index contributed by atoms with van der Waals surface area (Å²) in [4.78, 5) is 24.3. The van der Waals surface area contributed by atoms with Crippen molar-refractivity contribution < 1.29 is 4.73 Å². The first kappa shape index (κ1) is 13.6. The van der Waals surface area contributed by atoms with Gasteiger partial charge >= 0.3 is 11.2 Å². The topological polar surface area (TPSA) is 70.9 Å². The van der Waals surface area contributed by atoms with Crippen molar-refractivity contribution >= 4 is 0 Å². The molecule has 0 N–H and O–H groups in total.